The van der Waals surface area contributed by atoms with Crippen LogP contribution in [0.15, 0.2) is 0 Å². The third-order valence-corrected chi connectivity index (χ3v) is 2.50. The molecule has 5 heteroatoms. The molecule has 1 atom stereocenters. The monoisotopic (exact) mass is 247 g/mol. The second-order valence-electron chi connectivity index (χ2n) is 3.85. The summed E-state index contributed by atoms with van der Waals surface area (Å²) in [6, 6.07) is 0. The lowest BCUT2D eigenvalue weighted by Crippen LogP contribution is -2.27. The first-order valence-corrected chi connectivity index (χ1v) is 6.29. The second-order valence-corrected chi connectivity index (χ2v) is 3.85. The van der Waals surface area contributed by atoms with Crippen molar-refractivity contribution in [2.75, 3.05) is 39.5 Å². The molecule has 0 amide bonds. The molecule has 102 valence electrons. The predicted octanol–water partition coefficient (Wildman–Crippen LogP) is 0.564. The van der Waals surface area contributed by atoms with Gasteiger partial charge in [0.25, 0.3) is 0 Å². The Kier molecular flexibility index (Phi) is 11.4. The number of carbonyl (C=O) groups excluding carboxylic acids is 1. The van der Waals surface area contributed by atoms with Crippen LogP contribution in [0.2, 0.25) is 0 Å². The first-order valence-electron chi connectivity index (χ1n) is 6.29. The predicted molar refractivity (Wildman–Crippen MR) is 65.8 cm³/mol. The van der Waals surface area contributed by atoms with Crippen LogP contribution in [0.4, 0.5) is 0 Å². The van der Waals surface area contributed by atoms with E-state index in [2.05, 4.69) is 12.2 Å². The Morgan fingerprint density at radius 2 is 2.18 bits per heavy atom. The average Bonchev–Trinajstić information content (AvgIpc) is 2.32. The lowest BCUT2D eigenvalue weighted by atomic mass is 10.0. The fraction of sp³-hybridized carbons (Fsp3) is 0.917. The summed E-state index contributed by atoms with van der Waals surface area (Å²) in [4.78, 5) is 10.9. The molecular formula is C12H25NO4. The van der Waals surface area contributed by atoms with Crippen molar-refractivity contribution in [3.05, 3.63) is 0 Å². The van der Waals surface area contributed by atoms with Crippen LogP contribution in [0.5, 0.6) is 0 Å². The van der Waals surface area contributed by atoms with Crippen LogP contribution in [0.1, 0.15) is 26.7 Å². The highest BCUT2D eigenvalue weighted by molar-refractivity contribution is 5.70. The van der Waals surface area contributed by atoms with Crippen LogP contribution < -0.4 is 5.32 Å². The minimum absolute atomic E-state index is 0.0172. The summed E-state index contributed by atoms with van der Waals surface area (Å²) in [5.74, 6) is 0.185. The van der Waals surface area contributed by atoms with Crippen molar-refractivity contribution in [2.24, 2.45) is 5.92 Å². The maximum atomic E-state index is 10.9. The average molecular weight is 247 g/mol. The number of carbonyl (C=O) groups is 1. The number of esters is 1. The fourth-order valence-corrected chi connectivity index (χ4v) is 1.44. The minimum atomic E-state index is -0.320. The molecule has 17 heavy (non-hydrogen) atoms. The lowest BCUT2D eigenvalue weighted by Gasteiger charge is -2.14. The summed E-state index contributed by atoms with van der Waals surface area (Å²) in [5.41, 5.74) is 0. The first-order chi connectivity index (χ1) is 8.24. The van der Waals surface area contributed by atoms with Crippen LogP contribution in [0.25, 0.3) is 0 Å². The van der Waals surface area contributed by atoms with Crippen molar-refractivity contribution >= 4 is 5.97 Å². The Balaban J connectivity index is 3.30. The smallest absolute Gasteiger partial charge is 0.332 e. The normalized spacial score (nSPS) is 12.4. The summed E-state index contributed by atoms with van der Waals surface area (Å²) in [7, 11) is 0. The highest BCUT2D eigenvalue weighted by atomic mass is 16.6. The van der Waals surface area contributed by atoms with Crippen LogP contribution in [0.3, 0.4) is 0 Å². The van der Waals surface area contributed by atoms with E-state index in [1.165, 1.54) is 0 Å². The van der Waals surface area contributed by atoms with E-state index in [0.29, 0.717) is 25.7 Å². The summed E-state index contributed by atoms with van der Waals surface area (Å²) in [6.07, 6.45) is 1.88. The molecule has 0 aliphatic rings. The van der Waals surface area contributed by atoms with E-state index in [-0.39, 0.29) is 19.2 Å². The topological polar surface area (TPSA) is 67.8 Å². The number of ether oxygens (including phenoxy) is 2. The molecule has 0 spiro atoms. The number of hydrogen-bond acceptors (Lipinski definition) is 5. The molecule has 0 aromatic heterocycles. The standard InChI is InChI=1S/C12H25NO4/c1-3-11(5-7-14)9-13-6-8-16-10-12(15)17-4-2/h11,13-14H,3-10H2,1-2H3. The van der Waals surface area contributed by atoms with E-state index >= 15 is 0 Å². The maximum absolute atomic E-state index is 10.9. The summed E-state index contributed by atoms with van der Waals surface area (Å²) >= 11 is 0. The van der Waals surface area contributed by atoms with Gasteiger partial charge in [0.1, 0.15) is 6.61 Å². The Morgan fingerprint density at radius 1 is 1.41 bits per heavy atom. The molecule has 0 radical (unpaired) electrons. The number of rotatable bonds is 11. The lowest BCUT2D eigenvalue weighted by molar-refractivity contribution is -0.148. The maximum Gasteiger partial charge on any atom is 0.332 e. The Bertz CT molecular complexity index is 187. The molecule has 0 aromatic rings. The molecule has 2 N–H and O–H groups in total. The summed E-state index contributed by atoms with van der Waals surface area (Å²) < 4.78 is 9.86. The van der Waals surface area contributed by atoms with Gasteiger partial charge in [-0.3, -0.25) is 0 Å². The van der Waals surface area contributed by atoms with E-state index in [9.17, 15) is 4.79 Å². The van der Waals surface area contributed by atoms with E-state index in [1.807, 2.05) is 0 Å². The number of hydrogen-bond donors (Lipinski definition) is 2. The third-order valence-electron chi connectivity index (χ3n) is 2.50. The molecule has 0 rings (SSSR count). The molecule has 0 aromatic carbocycles. The van der Waals surface area contributed by atoms with E-state index in [1.54, 1.807) is 6.92 Å². The molecule has 0 saturated carbocycles. The molecule has 1 unspecified atom stereocenters. The molecular weight excluding hydrogens is 222 g/mol. The second kappa shape index (κ2) is 11.8. The van der Waals surface area contributed by atoms with Crippen molar-refractivity contribution in [3.8, 4) is 0 Å². The fourth-order valence-electron chi connectivity index (χ4n) is 1.44. The zero-order valence-electron chi connectivity index (χ0n) is 10.9. The first kappa shape index (κ1) is 16.4. The minimum Gasteiger partial charge on any atom is -0.464 e. The van der Waals surface area contributed by atoms with Gasteiger partial charge in [-0.05, 0) is 25.8 Å². The highest BCUT2D eigenvalue weighted by Crippen LogP contribution is 2.04. The number of aliphatic hydroxyl groups excluding tert-OH is 1. The molecule has 0 fully saturated rings. The summed E-state index contributed by atoms with van der Waals surface area (Å²) in [6.45, 7) is 6.60. The Morgan fingerprint density at radius 3 is 2.76 bits per heavy atom. The SMILES string of the molecule is CCOC(=O)COCCNCC(CC)CCO. The Hall–Kier alpha value is -0.650. The van der Waals surface area contributed by atoms with Crippen molar-refractivity contribution in [2.45, 2.75) is 26.7 Å². The molecule has 5 nitrogen and oxygen atoms in total. The summed E-state index contributed by atoms with van der Waals surface area (Å²) in [5, 5.41) is 12.1. The zero-order chi connectivity index (χ0) is 12.9. The number of nitrogens with one attached hydrogen (secondary N) is 1. The van der Waals surface area contributed by atoms with Gasteiger partial charge in [0.15, 0.2) is 0 Å². The Labute approximate surface area is 103 Å². The molecule has 0 heterocycles. The van der Waals surface area contributed by atoms with Gasteiger partial charge in [0, 0.05) is 13.2 Å². The largest absolute Gasteiger partial charge is 0.464 e. The van der Waals surface area contributed by atoms with E-state index < -0.39 is 0 Å². The van der Waals surface area contributed by atoms with Crippen molar-refractivity contribution in [1.29, 1.82) is 0 Å². The highest BCUT2D eigenvalue weighted by Gasteiger charge is 2.04. The van der Waals surface area contributed by atoms with Gasteiger partial charge in [-0.25, -0.2) is 4.79 Å². The number of aliphatic hydroxyl groups is 1. The van der Waals surface area contributed by atoms with Gasteiger partial charge in [-0.1, -0.05) is 13.3 Å². The molecule has 0 aliphatic heterocycles. The van der Waals surface area contributed by atoms with Gasteiger partial charge in [-0.2, -0.15) is 0 Å². The molecule has 0 bridgehead atoms. The zero-order valence-corrected chi connectivity index (χ0v) is 10.9. The van der Waals surface area contributed by atoms with Crippen LogP contribution in [0, 0.1) is 5.92 Å². The molecule has 0 saturated heterocycles. The molecule has 0 aliphatic carbocycles. The van der Waals surface area contributed by atoms with Crippen molar-refractivity contribution in [3.63, 3.8) is 0 Å². The van der Waals surface area contributed by atoms with Crippen LogP contribution >= 0.6 is 0 Å². The van der Waals surface area contributed by atoms with Crippen molar-refractivity contribution in [1.82, 2.24) is 5.32 Å². The van der Waals surface area contributed by atoms with Crippen molar-refractivity contribution < 1.29 is 19.4 Å². The van der Waals surface area contributed by atoms with Crippen LogP contribution in [-0.4, -0.2) is 50.6 Å². The van der Waals surface area contributed by atoms with Gasteiger partial charge >= 0.3 is 5.97 Å². The van der Waals surface area contributed by atoms with Gasteiger partial charge in [0.2, 0.25) is 0 Å². The van der Waals surface area contributed by atoms with Crippen LogP contribution in [-0.2, 0) is 14.3 Å². The van der Waals surface area contributed by atoms with E-state index in [4.69, 9.17) is 14.6 Å². The van der Waals surface area contributed by atoms with E-state index in [0.717, 1.165) is 19.4 Å². The quantitative estimate of drug-likeness (QED) is 0.412. The van der Waals surface area contributed by atoms with Gasteiger partial charge < -0.3 is 19.9 Å². The third kappa shape index (κ3) is 10.2. The van der Waals surface area contributed by atoms with Gasteiger partial charge in [-0.15, -0.1) is 0 Å². The van der Waals surface area contributed by atoms with Gasteiger partial charge in [0.05, 0.1) is 13.2 Å².